The van der Waals surface area contributed by atoms with Crippen molar-refractivity contribution in [1.29, 1.82) is 0 Å². The lowest BCUT2D eigenvalue weighted by Crippen LogP contribution is -2.52. The number of carbonyl (C=O) groups excluding carboxylic acids is 3. The molecular weight excluding hydrogens is 802 g/mol. The highest BCUT2D eigenvalue weighted by molar-refractivity contribution is 14.1. The van der Waals surface area contributed by atoms with Crippen LogP contribution in [0.5, 0.6) is 0 Å². The Morgan fingerprint density at radius 1 is 1.06 bits per heavy atom. The lowest BCUT2D eigenvalue weighted by molar-refractivity contribution is -0.257. The second-order valence-corrected chi connectivity index (χ2v) is 10.3. The highest BCUT2D eigenvalue weighted by Crippen LogP contribution is 2.38. The van der Waals surface area contributed by atoms with Crippen molar-refractivity contribution in [1.82, 2.24) is 5.32 Å². The summed E-state index contributed by atoms with van der Waals surface area (Å²) in [6.45, 7) is 0. The van der Waals surface area contributed by atoms with Gasteiger partial charge in [-0.3, -0.25) is 19.5 Å². The van der Waals surface area contributed by atoms with Gasteiger partial charge in [0.25, 0.3) is 17.9 Å². The van der Waals surface area contributed by atoms with Crippen molar-refractivity contribution in [3.8, 4) is 0 Å². The predicted octanol–water partition coefficient (Wildman–Crippen LogP) is 3.27. The van der Waals surface area contributed by atoms with E-state index in [0.717, 1.165) is 0 Å². The van der Waals surface area contributed by atoms with Gasteiger partial charge >= 0.3 is 27.5 Å². The minimum Gasteiger partial charge on any atom is -0.442 e. The Kier molecular flexibility index (Phi) is 9.61. The maximum Gasteiger partial charge on any atom is 0.432 e. The van der Waals surface area contributed by atoms with Gasteiger partial charge < -0.3 is 4.74 Å². The summed E-state index contributed by atoms with van der Waals surface area (Å²) in [4.78, 5) is 35.2. The molecule has 31 heavy (non-hydrogen) atoms. The number of imide groups is 1. The van der Waals surface area contributed by atoms with E-state index < -0.39 is 45.4 Å². The Bertz CT molecular complexity index is 1040. The molecule has 17 heteroatoms. The van der Waals surface area contributed by atoms with E-state index in [0.29, 0.717) is 10.7 Å². The van der Waals surface area contributed by atoms with Crippen molar-refractivity contribution in [2.24, 2.45) is 0 Å². The SMILES string of the molecule is O=C(/C=C\C(=O)OC(C(F)(F)F)C(F)(F)S(=O)(=O)O)NC(=O)c1cc(I)cc(I)c1I. The molecule has 0 heterocycles. The Hall–Kier alpha value is -0.680. The van der Waals surface area contributed by atoms with Gasteiger partial charge in [-0.1, -0.05) is 0 Å². The van der Waals surface area contributed by atoms with E-state index in [1.165, 1.54) is 6.07 Å². The van der Waals surface area contributed by atoms with Crippen LogP contribution in [0.1, 0.15) is 10.4 Å². The Morgan fingerprint density at radius 3 is 2.10 bits per heavy atom. The van der Waals surface area contributed by atoms with Crippen LogP contribution >= 0.6 is 67.8 Å². The van der Waals surface area contributed by atoms with Gasteiger partial charge in [-0.25, -0.2) is 4.79 Å². The zero-order valence-electron chi connectivity index (χ0n) is 14.2. The first-order chi connectivity index (χ1) is 13.9. The number of hydrogen-bond donors (Lipinski definition) is 2. The molecule has 1 rings (SSSR count). The molecular formula is C14H7F5I3NO7S. The van der Waals surface area contributed by atoms with Crippen molar-refractivity contribution < 1.29 is 54.0 Å². The average molecular weight is 809 g/mol. The fraction of sp³-hybridized carbons (Fsp3) is 0.214. The second kappa shape index (κ2) is 10.5. The molecule has 172 valence electrons. The molecule has 2 amide bonds. The summed E-state index contributed by atoms with van der Waals surface area (Å²) in [7, 11) is -6.60. The number of ether oxygens (including phenoxy) is 1. The molecule has 0 aliphatic heterocycles. The summed E-state index contributed by atoms with van der Waals surface area (Å²) in [6.07, 6.45) is -10.5. The minimum atomic E-state index is -6.60. The lowest BCUT2D eigenvalue weighted by Gasteiger charge is -2.25. The fourth-order valence-electron chi connectivity index (χ4n) is 1.70. The van der Waals surface area contributed by atoms with E-state index in [1.54, 1.807) is 11.4 Å². The number of alkyl halides is 5. The molecule has 1 aromatic rings. The van der Waals surface area contributed by atoms with Gasteiger partial charge in [-0.15, -0.1) is 0 Å². The van der Waals surface area contributed by atoms with Gasteiger partial charge in [0, 0.05) is 22.9 Å². The van der Waals surface area contributed by atoms with Crippen molar-refractivity contribution >= 4 is 95.7 Å². The van der Waals surface area contributed by atoms with Gasteiger partial charge in [0.05, 0.1) is 5.56 Å². The highest BCUT2D eigenvalue weighted by Gasteiger charge is 2.65. The molecule has 0 radical (unpaired) electrons. The summed E-state index contributed by atoms with van der Waals surface area (Å²) in [5.74, 6) is -4.42. The van der Waals surface area contributed by atoms with Crippen LogP contribution in [0, 0.1) is 10.7 Å². The third kappa shape index (κ3) is 7.70. The standard InChI is InChI=1S/C14H7F5I3NO7S/c15-13(16,17)12(14(18,19)31(27,28)29)30-9(25)2-1-8(24)23-11(26)6-3-5(20)4-7(21)10(6)22/h1-4,12H,(H,23,24,26)(H,27,28,29)/b2-1-. The van der Waals surface area contributed by atoms with E-state index in [1.807, 2.05) is 67.8 Å². The predicted molar refractivity (Wildman–Crippen MR) is 119 cm³/mol. The smallest absolute Gasteiger partial charge is 0.432 e. The summed E-state index contributed by atoms with van der Waals surface area (Å²) >= 11 is 5.67. The Morgan fingerprint density at radius 2 is 1.61 bits per heavy atom. The Balaban J connectivity index is 2.95. The van der Waals surface area contributed by atoms with Gasteiger partial charge in [0.1, 0.15) is 0 Å². The van der Waals surface area contributed by atoms with E-state index in [-0.39, 0.29) is 17.7 Å². The van der Waals surface area contributed by atoms with Crippen LogP contribution in [0.15, 0.2) is 24.3 Å². The van der Waals surface area contributed by atoms with E-state index in [9.17, 15) is 44.8 Å². The summed E-state index contributed by atoms with van der Waals surface area (Å²) in [5, 5.41) is -4.12. The molecule has 0 bridgehead atoms. The van der Waals surface area contributed by atoms with Crippen LogP contribution in [-0.4, -0.2) is 48.3 Å². The lowest BCUT2D eigenvalue weighted by atomic mass is 10.2. The first-order valence-corrected chi connectivity index (χ1v) is 11.9. The zero-order chi connectivity index (χ0) is 24.4. The minimum absolute atomic E-state index is 0.0368. The van der Waals surface area contributed by atoms with E-state index in [2.05, 4.69) is 4.74 Å². The fourth-order valence-corrected chi connectivity index (χ4v) is 4.56. The van der Waals surface area contributed by atoms with Crippen molar-refractivity contribution in [2.45, 2.75) is 17.5 Å². The third-order valence-electron chi connectivity index (χ3n) is 3.03. The summed E-state index contributed by atoms with van der Waals surface area (Å²) < 4.78 is 99.2. The third-order valence-corrected chi connectivity index (χ3v) is 7.60. The molecule has 1 unspecified atom stereocenters. The molecule has 0 fully saturated rings. The molecule has 8 nitrogen and oxygen atoms in total. The number of rotatable bonds is 6. The maximum atomic E-state index is 13.3. The molecule has 1 aromatic carbocycles. The van der Waals surface area contributed by atoms with Crippen molar-refractivity contribution in [3.05, 3.63) is 40.6 Å². The number of halogens is 8. The molecule has 0 aromatic heterocycles. The van der Waals surface area contributed by atoms with E-state index >= 15 is 0 Å². The van der Waals surface area contributed by atoms with Crippen LogP contribution in [0.25, 0.3) is 0 Å². The first kappa shape index (κ1) is 28.4. The van der Waals surface area contributed by atoms with Crippen LogP contribution in [0.2, 0.25) is 0 Å². The van der Waals surface area contributed by atoms with E-state index in [4.69, 9.17) is 4.55 Å². The van der Waals surface area contributed by atoms with Crippen LogP contribution in [0.4, 0.5) is 22.0 Å². The highest BCUT2D eigenvalue weighted by atomic mass is 127. The molecule has 0 saturated heterocycles. The molecule has 0 aliphatic rings. The monoisotopic (exact) mass is 809 g/mol. The average Bonchev–Trinajstić information content (AvgIpc) is 2.58. The maximum absolute atomic E-state index is 13.3. The van der Waals surface area contributed by atoms with Crippen molar-refractivity contribution in [3.63, 3.8) is 0 Å². The van der Waals surface area contributed by atoms with Gasteiger partial charge in [-0.05, 0) is 79.9 Å². The summed E-state index contributed by atoms with van der Waals surface area (Å²) in [6, 6.07) is 3.16. The topological polar surface area (TPSA) is 127 Å². The van der Waals surface area contributed by atoms with Gasteiger partial charge in [0.2, 0.25) is 0 Å². The Labute approximate surface area is 211 Å². The normalized spacial score (nSPS) is 13.7. The first-order valence-electron chi connectivity index (χ1n) is 7.18. The molecule has 0 saturated carbocycles. The van der Waals surface area contributed by atoms with Gasteiger partial charge in [0.15, 0.2) is 0 Å². The molecule has 0 spiro atoms. The quantitative estimate of drug-likeness (QED) is 0.113. The molecule has 0 aliphatic carbocycles. The number of esters is 1. The zero-order valence-corrected chi connectivity index (χ0v) is 21.5. The number of carbonyl (C=O) groups is 3. The summed E-state index contributed by atoms with van der Waals surface area (Å²) in [5.41, 5.74) is 0.0751. The van der Waals surface area contributed by atoms with Crippen LogP contribution < -0.4 is 5.32 Å². The number of amides is 2. The molecule has 2 N–H and O–H groups in total. The van der Waals surface area contributed by atoms with Crippen molar-refractivity contribution in [2.75, 3.05) is 0 Å². The second-order valence-electron chi connectivity index (χ2n) is 5.30. The molecule has 1 atom stereocenters. The van der Waals surface area contributed by atoms with Gasteiger partial charge in [-0.2, -0.15) is 30.4 Å². The largest absolute Gasteiger partial charge is 0.442 e. The number of hydrogen-bond acceptors (Lipinski definition) is 6. The van der Waals surface area contributed by atoms with Crippen LogP contribution in [0.3, 0.4) is 0 Å². The number of benzene rings is 1. The van der Waals surface area contributed by atoms with Crippen LogP contribution in [-0.2, 0) is 24.4 Å². The number of nitrogens with one attached hydrogen (secondary N) is 1.